The van der Waals surface area contributed by atoms with E-state index >= 15 is 0 Å². The maximum Gasteiger partial charge on any atom is 0.0903 e. The molecule has 0 saturated carbocycles. The molecule has 3 atom stereocenters. The third-order valence-corrected chi connectivity index (χ3v) is 11.5. The van der Waals surface area contributed by atoms with E-state index in [9.17, 15) is 0 Å². The lowest BCUT2D eigenvalue weighted by molar-refractivity contribution is 0.285. The second-order valence-corrected chi connectivity index (χ2v) is 16.1. The Balaban J connectivity index is 1.39. The van der Waals surface area contributed by atoms with Crippen molar-refractivity contribution in [2.45, 2.75) is 78.1 Å². The van der Waals surface area contributed by atoms with E-state index in [0.29, 0.717) is 17.8 Å². The van der Waals surface area contributed by atoms with Crippen molar-refractivity contribution in [2.75, 3.05) is 38.3 Å². The quantitative estimate of drug-likeness (QED) is 0.0808. The summed E-state index contributed by atoms with van der Waals surface area (Å²) in [6, 6.07) is 20.1. The molecule has 3 heteroatoms. The molecular weight excluding hydrogens is 667 g/mol. The zero-order valence-corrected chi connectivity index (χ0v) is 34.8. The van der Waals surface area contributed by atoms with Crippen LogP contribution in [0.1, 0.15) is 77.3 Å². The van der Waals surface area contributed by atoms with E-state index in [2.05, 4.69) is 197 Å². The molecule has 0 saturated heterocycles. The number of benzene rings is 2. The Morgan fingerprint density at radius 2 is 1.73 bits per heavy atom. The number of hydrogen-bond acceptors (Lipinski definition) is 3. The summed E-state index contributed by atoms with van der Waals surface area (Å²) >= 11 is 0. The van der Waals surface area contributed by atoms with Gasteiger partial charge in [-0.25, -0.2) is 0 Å². The van der Waals surface area contributed by atoms with Crippen LogP contribution in [0.5, 0.6) is 0 Å². The molecule has 55 heavy (non-hydrogen) atoms. The Morgan fingerprint density at radius 1 is 0.964 bits per heavy atom. The summed E-state index contributed by atoms with van der Waals surface area (Å²) in [4.78, 5) is 7.09. The molecule has 2 aromatic carbocycles. The van der Waals surface area contributed by atoms with Crippen LogP contribution in [0.25, 0.3) is 0 Å². The van der Waals surface area contributed by atoms with E-state index in [-0.39, 0.29) is 5.41 Å². The van der Waals surface area contributed by atoms with Crippen LogP contribution in [0.15, 0.2) is 176 Å². The fourth-order valence-electron chi connectivity index (χ4n) is 8.02. The van der Waals surface area contributed by atoms with Crippen molar-refractivity contribution in [2.24, 2.45) is 17.8 Å². The number of allylic oxidation sites excluding steroid dienone is 12. The second-order valence-electron chi connectivity index (χ2n) is 16.1. The van der Waals surface area contributed by atoms with Gasteiger partial charge in [0.05, 0.1) is 6.67 Å². The number of hydrogen-bond donors (Lipinski definition) is 0. The number of nitrogens with zero attached hydrogens (tertiary/aromatic N) is 3. The highest BCUT2D eigenvalue weighted by Gasteiger charge is 2.33. The monoisotopic (exact) mass is 736 g/mol. The van der Waals surface area contributed by atoms with Gasteiger partial charge in [0.15, 0.2) is 0 Å². The van der Waals surface area contributed by atoms with Crippen molar-refractivity contribution < 1.29 is 0 Å². The van der Waals surface area contributed by atoms with Gasteiger partial charge in [0, 0.05) is 44.3 Å². The van der Waals surface area contributed by atoms with Crippen LogP contribution in [-0.4, -0.2) is 43.2 Å². The minimum atomic E-state index is 0.0158. The standard InChI is InChI=1S/C52H69N3/c1-10-24-42(4)44(6)53(9)41-55(50-29-18-13-19-30-50)37-23-15-17-27-48-28-20-21-31-51(48)52(7,8)49-34-32-45(33-35-49)38-46(25-11-2)40-54-36-22-14-16-26-47(12-3)43(5)39-54/h10-16,18-21,23,25,28-30,32-35,40,43,47,51H,1,3-4,6,17,22,24,26-27,31,36-39,41H2,2,5,7-9H3/b16-14-,23-15-,25-11-,46-40+. The van der Waals surface area contributed by atoms with E-state index in [0.717, 1.165) is 82.5 Å². The van der Waals surface area contributed by atoms with E-state index < -0.39 is 0 Å². The van der Waals surface area contributed by atoms with E-state index in [1.54, 1.807) is 5.57 Å². The smallest absolute Gasteiger partial charge is 0.0903 e. The van der Waals surface area contributed by atoms with Gasteiger partial charge in [0.1, 0.15) is 0 Å². The summed E-state index contributed by atoms with van der Waals surface area (Å²) in [6.07, 6.45) is 34.2. The third-order valence-electron chi connectivity index (χ3n) is 11.5. The lowest BCUT2D eigenvalue weighted by Crippen LogP contribution is -2.35. The van der Waals surface area contributed by atoms with Crippen LogP contribution in [0.4, 0.5) is 5.69 Å². The van der Waals surface area contributed by atoms with Crippen molar-refractivity contribution >= 4 is 5.69 Å². The molecule has 0 radical (unpaired) electrons. The Hall–Kier alpha value is -4.76. The fraction of sp³-hybridized carbons (Fsp3) is 0.385. The second kappa shape index (κ2) is 22.0. The van der Waals surface area contributed by atoms with E-state index in [1.165, 1.54) is 22.4 Å². The zero-order chi connectivity index (χ0) is 39.6. The zero-order valence-electron chi connectivity index (χ0n) is 34.8. The molecule has 0 bridgehead atoms. The van der Waals surface area contributed by atoms with Gasteiger partial charge in [-0.1, -0.05) is 149 Å². The molecule has 3 unspecified atom stereocenters. The normalized spacial score (nSPS) is 20.0. The lowest BCUT2D eigenvalue weighted by Gasteiger charge is -2.38. The lowest BCUT2D eigenvalue weighted by atomic mass is 9.66. The molecule has 1 aliphatic heterocycles. The Labute approximate surface area is 335 Å². The third kappa shape index (κ3) is 12.9. The van der Waals surface area contributed by atoms with Gasteiger partial charge in [0.2, 0.25) is 0 Å². The Morgan fingerprint density at radius 3 is 2.44 bits per heavy atom. The summed E-state index contributed by atoms with van der Waals surface area (Å²) in [5.41, 5.74) is 8.83. The molecular formula is C52H69N3. The number of rotatable bonds is 19. The van der Waals surface area contributed by atoms with Crippen molar-refractivity contribution in [1.82, 2.24) is 9.80 Å². The van der Waals surface area contributed by atoms with Gasteiger partial charge in [-0.2, -0.15) is 0 Å². The largest absolute Gasteiger partial charge is 0.377 e. The maximum atomic E-state index is 4.30. The molecule has 292 valence electrons. The van der Waals surface area contributed by atoms with Crippen LogP contribution >= 0.6 is 0 Å². The topological polar surface area (TPSA) is 9.72 Å². The average Bonchev–Trinajstić information content (AvgIpc) is 3.27. The van der Waals surface area contributed by atoms with E-state index in [4.69, 9.17) is 0 Å². The molecule has 0 fully saturated rings. The van der Waals surface area contributed by atoms with Crippen molar-refractivity contribution in [1.29, 1.82) is 0 Å². The summed E-state index contributed by atoms with van der Waals surface area (Å²) < 4.78 is 0. The minimum absolute atomic E-state index is 0.0158. The van der Waals surface area contributed by atoms with Crippen LogP contribution in [0.3, 0.4) is 0 Å². The van der Waals surface area contributed by atoms with Crippen molar-refractivity contribution in [3.63, 3.8) is 0 Å². The summed E-state index contributed by atoms with van der Waals surface area (Å²) in [5.74, 6) is 1.55. The first-order valence-corrected chi connectivity index (χ1v) is 20.5. The molecule has 2 aromatic rings. The molecule has 0 amide bonds. The molecule has 2 aliphatic rings. The van der Waals surface area contributed by atoms with Crippen molar-refractivity contribution in [3.8, 4) is 0 Å². The molecule has 4 rings (SSSR count). The summed E-state index contributed by atoms with van der Waals surface area (Å²) in [6.45, 7) is 29.5. The molecule has 1 heterocycles. The average molecular weight is 736 g/mol. The van der Waals surface area contributed by atoms with Crippen LogP contribution in [0.2, 0.25) is 0 Å². The first-order valence-electron chi connectivity index (χ1n) is 20.5. The van der Waals surface area contributed by atoms with Gasteiger partial charge < -0.3 is 14.7 Å². The van der Waals surface area contributed by atoms with Crippen LogP contribution in [-0.2, 0) is 11.8 Å². The molecule has 3 nitrogen and oxygen atoms in total. The molecule has 1 aliphatic carbocycles. The number of anilines is 1. The Bertz CT molecular complexity index is 1730. The SMILES string of the molecule is C=CCC(=C)C(=C)N(C)CN(C/C=C\CCC1=CC=CCC1C(C)(C)c1ccc(CC(/C=C\C)=C/N2CC/C=C\CC(C=C)C(C)C2)cc1)c1ccccc1. The molecule has 0 spiro atoms. The van der Waals surface area contributed by atoms with Gasteiger partial charge in [-0.05, 0) is 109 Å². The minimum Gasteiger partial charge on any atom is -0.377 e. The predicted molar refractivity (Wildman–Crippen MR) is 242 cm³/mol. The van der Waals surface area contributed by atoms with Gasteiger partial charge in [-0.3, -0.25) is 0 Å². The number of likely N-dealkylation sites (N-methyl/N-ethyl adjacent to an activating group) is 1. The summed E-state index contributed by atoms with van der Waals surface area (Å²) in [7, 11) is 2.09. The van der Waals surface area contributed by atoms with E-state index in [1.807, 2.05) is 6.08 Å². The first-order chi connectivity index (χ1) is 26.6. The van der Waals surface area contributed by atoms with Gasteiger partial charge in [0.25, 0.3) is 0 Å². The van der Waals surface area contributed by atoms with Crippen LogP contribution in [0, 0.1) is 17.8 Å². The predicted octanol–water partition coefficient (Wildman–Crippen LogP) is 12.9. The van der Waals surface area contributed by atoms with Crippen molar-refractivity contribution in [3.05, 3.63) is 187 Å². The first kappa shape index (κ1) is 43.0. The fourth-order valence-corrected chi connectivity index (χ4v) is 8.02. The molecule has 0 N–H and O–H groups in total. The number of para-hydroxylation sites is 1. The molecule has 0 aromatic heterocycles. The highest BCUT2D eigenvalue weighted by atomic mass is 15.3. The van der Waals surface area contributed by atoms with Gasteiger partial charge in [-0.15, -0.1) is 13.2 Å². The van der Waals surface area contributed by atoms with Crippen LogP contribution < -0.4 is 4.90 Å². The Kier molecular flexibility index (Phi) is 17.2. The maximum absolute atomic E-state index is 4.30. The summed E-state index contributed by atoms with van der Waals surface area (Å²) in [5, 5.41) is 0. The van der Waals surface area contributed by atoms with Gasteiger partial charge >= 0.3 is 0 Å². The highest BCUT2D eigenvalue weighted by Crippen LogP contribution is 2.42. The highest BCUT2D eigenvalue weighted by molar-refractivity contribution is 5.47.